The number of rotatable bonds is 4. The Bertz CT molecular complexity index is 617. The van der Waals surface area contributed by atoms with Crippen molar-refractivity contribution in [3.8, 4) is 17.6 Å². The van der Waals surface area contributed by atoms with E-state index in [0.717, 1.165) is 12.0 Å². The van der Waals surface area contributed by atoms with Gasteiger partial charge in [-0.3, -0.25) is 4.98 Å². The van der Waals surface area contributed by atoms with E-state index in [1.165, 1.54) is 6.07 Å². The van der Waals surface area contributed by atoms with Crippen LogP contribution in [0, 0.1) is 17.7 Å². The average molecular weight is 271 g/mol. The fraction of sp³-hybridized carbons (Fsp3) is 0.188. The molecule has 20 heavy (non-hydrogen) atoms. The number of benzene rings is 1. The molecule has 2 aromatic rings. The van der Waals surface area contributed by atoms with Crippen LogP contribution in [0.5, 0.6) is 5.75 Å². The van der Waals surface area contributed by atoms with Crippen LogP contribution in [0.15, 0.2) is 42.7 Å². The molecule has 1 heterocycles. The molecule has 0 spiro atoms. The summed E-state index contributed by atoms with van der Waals surface area (Å²) >= 11 is 0. The Morgan fingerprint density at radius 1 is 1.20 bits per heavy atom. The molecule has 0 unspecified atom stereocenters. The molecule has 0 bridgehead atoms. The second kappa shape index (κ2) is 7.27. The van der Waals surface area contributed by atoms with Crippen LogP contribution in [-0.2, 0) is 6.42 Å². The lowest BCUT2D eigenvalue weighted by Crippen LogP contribution is -2.02. The van der Waals surface area contributed by atoms with Crippen molar-refractivity contribution in [2.45, 2.75) is 6.42 Å². The summed E-state index contributed by atoms with van der Waals surface area (Å²) in [6.45, 7) is 0.175. The number of hydrogen-bond acceptors (Lipinski definition) is 3. The molecule has 102 valence electrons. The van der Waals surface area contributed by atoms with Crippen LogP contribution < -0.4 is 4.74 Å². The van der Waals surface area contributed by atoms with Crippen LogP contribution in [0.3, 0.4) is 0 Å². The van der Waals surface area contributed by atoms with Gasteiger partial charge in [0.2, 0.25) is 0 Å². The molecule has 4 heteroatoms. The van der Waals surface area contributed by atoms with Gasteiger partial charge in [0.25, 0.3) is 0 Å². The van der Waals surface area contributed by atoms with Gasteiger partial charge in [-0.25, -0.2) is 4.39 Å². The molecule has 0 saturated heterocycles. The SMILES string of the molecule is OCC#Cc1ccc(OCCc2ccncc2)cc1F. The van der Waals surface area contributed by atoms with Crippen molar-refractivity contribution in [2.75, 3.05) is 13.2 Å². The zero-order valence-electron chi connectivity index (χ0n) is 10.8. The van der Waals surface area contributed by atoms with Crippen molar-refractivity contribution in [2.24, 2.45) is 0 Å². The van der Waals surface area contributed by atoms with Crippen molar-refractivity contribution < 1.29 is 14.2 Å². The number of nitrogens with zero attached hydrogens (tertiary/aromatic N) is 1. The standard InChI is InChI=1S/C16H14FNO2/c17-16-12-15(4-3-14(16)2-1-10-19)20-11-7-13-5-8-18-9-6-13/h3-6,8-9,12,19H,7,10-11H2. The summed E-state index contributed by atoms with van der Waals surface area (Å²) in [5.74, 6) is 4.96. The van der Waals surface area contributed by atoms with E-state index in [-0.39, 0.29) is 12.2 Å². The van der Waals surface area contributed by atoms with Gasteiger partial charge < -0.3 is 9.84 Å². The number of pyridine rings is 1. The lowest BCUT2D eigenvalue weighted by molar-refractivity contribution is 0.320. The first-order chi connectivity index (χ1) is 9.79. The Balaban J connectivity index is 1.92. The first kappa shape index (κ1) is 14.0. The smallest absolute Gasteiger partial charge is 0.142 e. The molecule has 1 aromatic heterocycles. The zero-order valence-corrected chi connectivity index (χ0v) is 10.8. The first-order valence-corrected chi connectivity index (χ1v) is 6.20. The van der Waals surface area contributed by atoms with Crippen molar-refractivity contribution in [3.05, 3.63) is 59.7 Å². The van der Waals surface area contributed by atoms with Gasteiger partial charge in [0.1, 0.15) is 18.2 Å². The maximum absolute atomic E-state index is 13.7. The Labute approximate surface area is 117 Å². The van der Waals surface area contributed by atoms with Crippen molar-refractivity contribution in [3.63, 3.8) is 0 Å². The minimum absolute atomic E-state index is 0.250. The molecule has 0 radical (unpaired) electrons. The topological polar surface area (TPSA) is 42.4 Å². The predicted molar refractivity (Wildman–Crippen MR) is 73.8 cm³/mol. The number of halogens is 1. The van der Waals surface area contributed by atoms with E-state index in [9.17, 15) is 4.39 Å². The third kappa shape index (κ3) is 4.08. The second-order valence-electron chi connectivity index (χ2n) is 4.06. The predicted octanol–water partition coefficient (Wildman–Crippen LogP) is 2.19. The molecule has 0 aliphatic carbocycles. The van der Waals surface area contributed by atoms with E-state index >= 15 is 0 Å². The second-order valence-corrected chi connectivity index (χ2v) is 4.06. The number of ether oxygens (including phenoxy) is 1. The van der Waals surface area contributed by atoms with E-state index in [4.69, 9.17) is 9.84 Å². The molecule has 0 fully saturated rings. The van der Waals surface area contributed by atoms with Crippen LogP contribution in [0.4, 0.5) is 4.39 Å². The van der Waals surface area contributed by atoms with Crippen LogP contribution in [0.2, 0.25) is 0 Å². The molecule has 1 N–H and O–H groups in total. The molecule has 0 aliphatic heterocycles. The summed E-state index contributed by atoms with van der Waals surface area (Å²) in [6, 6.07) is 8.33. The van der Waals surface area contributed by atoms with Gasteiger partial charge in [-0.1, -0.05) is 11.8 Å². The molecule has 3 nitrogen and oxygen atoms in total. The first-order valence-electron chi connectivity index (χ1n) is 6.20. The van der Waals surface area contributed by atoms with Crippen molar-refractivity contribution >= 4 is 0 Å². The van der Waals surface area contributed by atoms with Crippen molar-refractivity contribution in [1.82, 2.24) is 4.98 Å². The highest BCUT2D eigenvalue weighted by Gasteiger charge is 2.02. The van der Waals surface area contributed by atoms with Crippen LogP contribution in [0.25, 0.3) is 0 Å². The van der Waals surface area contributed by atoms with Gasteiger partial charge >= 0.3 is 0 Å². The van der Waals surface area contributed by atoms with E-state index in [0.29, 0.717) is 12.4 Å². The van der Waals surface area contributed by atoms with Crippen LogP contribution in [0.1, 0.15) is 11.1 Å². The Kier molecular flexibility index (Phi) is 5.10. The summed E-state index contributed by atoms with van der Waals surface area (Å²) in [7, 11) is 0. The highest BCUT2D eigenvalue weighted by molar-refractivity contribution is 5.39. The monoisotopic (exact) mass is 271 g/mol. The van der Waals surface area contributed by atoms with E-state index in [1.54, 1.807) is 24.5 Å². The minimum Gasteiger partial charge on any atom is -0.493 e. The van der Waals surface area contributed by atoms with E-state index < -0.39 is 5.82 Å². The average Bonchev–Trinajstić information content (AvgIpc) is 2.47. The summed E-state index contributed by atoms with van der Waals surface area (Å²) < 4.78 is 19.1. The summed E-state index contributed by atoms with van der Waals surface area (Å²) in [5.41, 5.74) is 1.37. The third-order valence-corrected chi connectivity index (χ3v) is 2.65. The number of aromatic nitrogens is 1. The Morgan fingerprint density at radius 3 is 2.70 bits per heavy atom. The molecule has 0 aliphatic rings. The van der Waals surface area contributed by atoms with Crippen molar-refractivity contribution in [1.29, 1.82) is 0 Å². The third-order valence-electron chi connectivity index (χ3n) is 2.65. The van der Waals surface area contributed by atoms with E-state index in [2.05, 4.69) is 16.8 Å². The highest BCUT2D eigenvalue weighted by atomic mass is 19.1. The summed E-state index contributed by atoms with van der Waals surface area (Å²) in [4.78, 5) is 3.94. The fourth-order valence-corrected chi connectivity index (χ4v) is 1.66. The molecule has 2 rings (SSSR count). The Morgan fingerprint density at radius 2 is 2.00 bits per heavy atom. The highest BCUT2D eigenvalue weighted by Crippen LogP contribution is 2.16. The van der Waals surface area contributed by atoms with Gasteiger partial charge in [0.15, 0.2) is 0 Å². The van der Waals surface area contributed by atoms with Crippen LogP contribution >= 0.6 is 0 Å². The van der Waals surface area contributed by atoms with E-state index in [1.807, 2.05) is 12.1 Å². The Hall–Kier alpha value is -2.38. The number of aliphatic hydroxyl groups is 1. The largest absolute Gasteiger partial charge is 0.493 e. The molecular formula is C16H14FNO2. The summed E-state index contributed by atoms with van der Waals surface area (Å²) in [5, 5.41) is 8.57. The molecule has 0 atom stereocenters. The fourth-order valence-electron chi connectivity index (χ4n) is 1.66. The lowest BCUT2D eigenvalue weighted by Gasteiger charge is -2.06. The maximum atomic E-state index is 13.7. The van der Waals surface area contributed by atoms with Crippen LogP contribution in [-0.4, -0.2) is 23.3 Å². The van der Waals surface area contributed by atoms with Gasteiger partial charge in [-0.2, -0.15) is 0 Å². The molecule has 0 saturated carbocycles. The summed E-state index contributed by atoms with van der Waals surface area (Å²) in [6.07, 6.45) is 4.18. The normalized spacial score (nSPS) is 9.70. The zero-order chi connectivity index (χ0) is 14.2. The lowest BCUT2D eigenvalue weighted by atomic mass is 10.2. The number of hydrogen-bond donors (Lipinski definition) is 1. The maximum Gasteiger partial charge on any atom is 0.142 e. The van der Waals surface area contributed by atoms with Gasteiger partial charge in [-0.05, 0) is 29.8 Å². The quantitative estimate of drug-likeness (QED) is 0.867. The molecule has 1 aromatic carbocycles. The van der Waals surface area contributed by atoms with Gasteiger partial charge in [0.05, 0.1) is 12.2 Å². The minimum atomic E-state index is -0.452. The van der Waals surface area contributed by atoms with Gasteiger partial charge in [0, 0.05) is 24.9 Å². The van der Waals surface area contributed by atoms with Gasteiger partial charge in [-0.15, -0.1) is 0 Å². The molecule has 0 amide bonds. The number of aliphatic hydroxyl groups excluding tert-OH is 1. The molecular weight excluding hydrogens is 257 g/mol.